The van der Waals surface area contributed by atoms with Crippen LogP contribution in [0.4, 0.5) is 0 Å². The van der Waals surface area contributed by atoms with Crippen LogP contribution in [0.5, 0.6) is 17.2 Å². The van der Waals surface area contributed by atoms with Crippen molar-refractivity contribution in [1.82, 2.24) is 10.6 Å². The van der Waals surface area contributed by atoms with Crippen LogP contribution >= 0.6 is 0 Å². The highest BCUT2D eigenvalue weighted by Gasteiger charge is 2.48. The molecule has 0 radical (unpaired) electrons. The SMILES string of the molecule is O=C(N[C@H]1CO[C@H]2C1OC[C@H]2NC(=O)c1cccc(Oc2ccccc2)c1)c1cccc(O)c1. The standard InChI is InChI=1S/C26H24N2O6/c29-18-8-4-6-16(12-18)25(30)27-21-14-32-24-22(15-33-23(21)24)28-26(31)17-7-5-11-20(13-17)34-19-9-2-1-3-10-19/h1-13,21-24,29H,14-15H2,(H,27,30)(H,28,31)/t21-,22+,23?,24+/m0/s1. The third-order valence-corrected chi connectivity index (χ3v) is 5.87. The zero-order valence-electron chi connectivity index (χ0n) is 18.2. The Morgan fingerprint density at radius 1 is 0.735 bits per heavy atom. The number of benzene rings is 3. The lowest BCUT2D eigenvalue weighted by Gasteiger charge is -2.18. The van der Waals surface area contributed by atoms with E-state index in [1.54, 1.807) is 36.4 Å². The maximum Gasteiger partial charge on any atom is 0.251 e. The number of hydrogen-bond donors (Lipinski definition) is 3. The Labute approximate surface area is 196 Å². The van der Waals surface area contributed by atoms with E-state index < -0.39 is 0 Å². The molecule has 2 amide bonds. The normalized spacial score (nSPS) is 23.2. The molecule has 2 fully saturated rings. The molecule has 2 aliphatic rings. The summed E-state index contributed by atoms with van der Waals surface area (Å²) in [6.45, 7) is 0.548. The molecule has 0 saturated carbocycles. The number of phenols is 1. The summed E-state index contributed by atoms with van der Waals surface area (Å²) < 4.78 is 17.6. The Balaban J connectivity index is 1.19. The average molecular weight is 460 g/mol. The number of rotatable bonds is 6. The average Bonchev–Trinajstić information content (AvgIpc) is 3.43. The predicted molar refractivity (Wildman–Crippen MR) is 123 cm³/mol. The van der Waals surface area contributed by atoms with E-state index in [1.165, 1.54) is 12.1 Å². The molecule has 174 valence electrons. The zero-order chi connectivity index (χ0) is 23.5. The molecule has 4 atom stereocenters. The third kappa shape index (κ3) is 4.73. The van der Waals surface area contributed by atoms with E-state index in [-0.39, 0.29) is 55.1 Å². The van der Waals surface area contributed by atoms with Crippen LogP contribution in [0.3, 0.4) is 0 Å². The molecule has 3 aromatic rings. The molecule has 34 heavy (non-hydrogen) atoms. The first-order valence-corrected chi connectivity index (χ1v) is 11.0. The van der Waals surface area contributed by atoms with Gasteiger partial charge in [-0.25, -0.2) is 0 Å². The highest BCUT2D eigenvalue weighted by Crippen LogP contribution is 2.28. The van der Waals surface area contributed by atoms with Crippen LogP contribution in [0.2, 0.25) is 0 Å². The van der Waals surface area contributed by atoms with E-state index in [2.05, 4.69) is 10.6 Å². The van der Waals surface area contributed by atoms with Gasteiger partial charge in [0.15, 0.2) is 0 Å². The molecule has 8 heteroatoms. The van der Waals surface area contributed by atoms with Crippen molar-refractivity contribution in [2.45, 2.75) is 24.3 Å². The number of phenolic OH excluding ortho intramolecular Hbond substituents is 1. The number of aromatic hydroxyl groups is 1. The fraction of sp³-hybridized carbons (Fsp3) is 0.231. The molecule has 2 aliphatic heterocycles. The number of ether oxygens (including phenoxy) is 3. The quantitative estimate of drug-likeness (QED) is 0.522. The van der Waals surface area contributed by atoms with Crippen molar-refractivity contribution in [2.75, 3.05) is 13.2 Å². The maximum absolute atomic E-state index is 12.9. The first-order chi connectivity index (χ1) is 16.6. The lowest BCUT2D eigenvalue weighted by molar-refractivity contribution is 0.0628. The number of nitrogens with one attached hydrogen (secondary N) is 2. The van der Waals surface area contributed by atoms with Crippen LogP contribution in [0.1, 0.15) is 20.7 Å². The van der Waals surface area contributed by atoms with Gasteiger partial charge in [-0.05, 0) is 48.5 Å². The minimum absolute atomic E-state index is 0.0197. The Morgan fingerprint density at radius 3 is 1.91 bits per heavy atom. The van der Waals surface area contributed by atoms with E-state index in [1.807, 2.05) is 30.3 Å². The van der Waals surface area contributed by atoms with Gasteiger partial charge in [-0.2, -0.15) is 0 Å². The molecule has 0 aromatic heterocycles. The minimum atomic E-state index is -0.376. The van der Waals surface area contributed by atoms with Crippen LogP contribution in [-0.2, 0) is 9.47 Å². The highest BCUT2D eigenvalue weighted by molar-refractivity contribution is 5.95. The largest absolute Gasteiger partial charge is 0.508 e. The molecule has 3 N–H and O–H groups in total. The van der Waals surface area contributed by atoms with Gasteiger partial charge in [0.25, 0.3) is 11.8 Å². The molecular weight excluding hydrogens is 436 g/mol. The van der Waals surface area contributed by atoms with E-state index >= 15 is 0 Å². The second-order valence-corrected chi connectivity index (χ2v) is 8.25. The van der Waals surface area contributed by atoms with E-state index in [0.717, 1.165) is 0 Å². The van der Waals surface area contributed by atoms with Gasteiger partial charge in [-0.15, -0.1) is 0 Å². The summed E-state index contributed by atoms with van der Waals surface area (Å²) in [4.78, 5) is 25.4. The third-order valence-electron chi connectivity index (χ3n) is 5.87. The number of para-hydroxylation sites is 1. The van der Waals surface area contributed by atoms with Crippen LogP contribution < -0.4 is 15.4 Å². The van der Waals surface area contributed by atoms with E-state index in [0.29, 0.717) is 22.6 Å². The summed E-state index contributed by atoms with van der Waals surface area (Å²) in [7, 11) is 0. The summed E-state index contributed by atoms with van der Waals surface area (Å²) in [5.41, 5.74) is 0.813. The van der Waals surface area contributed by atoms with Crippen LogP contribution in [-0.4, -0.2) is 54.4 Å². The molecule has 5 rings (SSSR count). The lowest BCUT2D eigenvalue weighted by atomic mass is 10.0. The second kappa shape index (κ2) is 9.54. The summed E-state index contributed by atoms with van der Waals surface area (Å²) >= 11 is 0. The second-order valence-electron chi connectivity index (χ2n) is 8.25. The topological polar surface area (TPSA) is 106 Å². The molecular formula is C26H24N2O6. The van der Waals surface area contributed by atoms with Crippen LogP contribution in [0, 0.1) is 0 Å². The van der Waals surface area contributed by atoms with Crippen molar-refractivity contribution >= 4 is 11.8 Å². The zero-order valence-corrected chi connectivity index (χ0v) is 18.2. The highest BCUT2D eigenvalue weighted by atomic mass is 16.6. The summed E-state index contributed by atoms with van der Waals surface area (Å²) in [6.07, 6.45) is -0.749. The fourth-order valence-corrected chi connectivity index (χ4v) is 4.22. The van der Waals surface area contributed by atoms with Crippen molar-refractivity contribution in [1.29, 1.82) is 0 Å². The summed E-state index contributed by atoms with van der Waals surface area (Å²) in [6, 6.07) is 21.7. The van der Waals surface area contributed by atoms with Gasteiger partial charge in [-0.1, -0.05) is 30.3 Å². The van der Waals surface area contributed by atoms with E-state index in [9.17, 15) is 14.7 Å². The summed E-state index contributed by atoms with van der Waals surface area (Å²) in [5.74, 6) is 0.683. The van der Waals surface area contributed by atoms with Gasteiger partial charge in [0.1, 0.15) is 29.5 Å². The maximum atomic E-state index is 12.9. The molecule has 3 aromatic carbocycles. The van der Waals surface area contributed by atoms with Crippen LogP contribution in [0.25, 0.3) is 0 Å². The molecule has 8 nitrogen and oxygen atoms in total. The Kier molecular flexibility index (Phi) is 6.16. The first-order valence-electron chi connectivity index (χ1n) is 11.0. The lowest BCUT2D eigenvalue weighted by Crippen LogP contribution is -2.46. The van der Waals surface area contributed by atoms with Crippen molar-refractivity contribution in [3.63, 3.8) is 0 Å². The molecule has 2 heterocycles. The van der Waals surface area contributed by atoms with Gasteiger partial charge < -0.3 is 30.0 Å². The van der Waals surface area contributed by atoms with Gasteiger partial charge in [0.2, 0.25) is 0 Å². The number of hydrogen-bond acceptors (Lipinski definition) is 6. The molecule has 0 aliphatic carbocycles. The first kappa shape index (κ1) is 21.9. The molecule has 0 bridgehead atoms. The van der Waals surface area contributed by atoms with Gasteiger partial charge in [0, 0.05) is 11.1 Å². The van der Waals surface area contributed by atoms with Crippen molar-refractivity contribution < 1.29 is 28.9 Å². The van der Waals surface area contributed by atoms with E-state index in [4.69, 9.17) is 14.2 Å². The number of carbonyl (C=O) groups excluding carboxylic acids is 2. The Morgan fingerprint density at radius 2 is 1.29 bits per heavy atom. The molecule has 2 saturated heterocycles. The number of carbonyl (C=O) groups is 2. The van der Waals surface area contributed by atoms with Gasteiger partial charge in [0.05, 0.1) is 25.3 Å². The summed E-state index contributed by atoms with van der Waals surface area (Å²) in [5, 5.41) is 15.5. The fourth-order valence-electron chi connectivity index (χ4n) is 4.22. The Hall–Kier alpha value is -3.88. The predicted octanol–water partition coefficient (Wildman–Crippen LogP) is 2.88. The Bertz CT molecular complexity index is 1180. The minimum Gasteiger partial charge on any atom is -0.508 e. The van der Waals surface area contributed by atoms with Crippen molar-refractivity contribution in [3.8, 4) is 17.2 Å². The molecule has 1 unspecified atom stereocenters. The smallest absolute Gasteiger partial charge is 0.251 e. The van der Waals surface area contributed by atoms with Gasteiger partial charge >= 0.3 is 0 Å². The van der Waals surface area contributed by atoms with Gasteiger partial charge in [-0.3, -0.25) is 9.59 Å². The van der Waals surface area contributed by atoms with Crippen molar-refractivity contribution in [3.05, 3.63) is 90.0 Å². The monoisotopic (exact) mass is 460 g/mol. The van der Waals surface area contributed by atoms with Crippen molar-refractivity contribution in [2.24, 2.45) is 0 Å². The number of amides is 2. The van der Waals surface area contributed by atoms with Crippen LogP contribution in [0.15, 0.2) is 78.9 Å². The number of fused-ring (bicyclic) bond motifs is 1. The molecule has 0 spiro atoms.